The summed E-state index contributed by atoms with van der Waals surface area (Å²) in [7, 11) is 3.33. The van der Waals surface area contributed by atoms with Crippen LogP contribution < -0.4 is 11.2 Å². The summed E-state index contributed by atoms with van der Waals surface area (Å²) in [6.07, 6.45) is 3.08. The Hall–Kier alpha value is -2.11. The Morgan fingerprint density at radius 3 is 2.65 bits per heavy atom. The third-order valence-electron chi connectivity index (χ3n) is 2.90. The molecule has 0 fully saturated rings. The van der Waals surface area contributed by atoms with Gasteiger partial charge in [0.05, 0.1) is 12.4 Å². The van der Waals surface area contributed by atoms with Crippen LogP contribution in [0.1, 0.15) is 13.0 Å². The topological polar surface area (TPSA) is 61.8 Å². The number of imidazole rings is 1. The molecule has 1 atom stereocenters. The first kappa shape index (κ1) is 11.4. The summed E-state index contributed by atoms with van der Waals surface area (Å²) in [6, 6.07) is -0.347. The number of rotatable bonds is 2. The number of nitrogens with zero attached hydrogens (tertiary/aromatic N) is 4. The largest absolute Gasteiger partial charge is 0.333 e. The minimum Gasteiger partial charge on any atom is -0.328 e. The van der Waals surface area contributed by atoms with Gasteiger partial charge in [-0.25, -0.2) is 9.78 Å². The molecule has 6 nitrogen and oxygen atoms in total. The van der Waals surface area contributed by atoms with E-state index < -0.39 is 0 Å². The van der Waals surface area contributed by atoms with Crippen molar-refractivity contribution in [2.45, 2.75) is 13.0 Å². The van der Waals surface area contributed by atoms with Crippen LogP contribution in [0, 0.1) is 0 Å². The Labute approximate surface area is 97.4 Å². The van der Waals surface area contributed by atoms with Gasteiger partial charge in [0.25, 0.3) is 5.56 Å². The zero-order valence-corrected chi connectivity index (χ0v) is 10.0. The van der Waals surface area contributed by atoms with E-state index in [0.29, 0.717) is 11.2 Å². The van der Waals surface area contributed by atoms with E-state index >= 15 is 0 Å². The quantitative estimate of drug-likeness (QED) is 0.696. The maximum Gasteiger partial charge on any atom is 0.333 e. The zero-order chi connectivity index (χ0) is 12.7. The standard InChI is InChI=1S/C11H14N4O2/c1-5-7(2)15-10(16)8-9(12-6-13(8)3)14(4)11(15)17/h5-7H,1H2,2-4H3/t7-/m1/s1. The number of allylic oxidation sites excluding steroid dienone is 1. The van der Waals surface area contributed by atoms with Crippen LogP contribution in [-0.2, 0) is 14.1 Å². The van der Waals surface area contributed by atoms with Gasteiger partial charge in [-0.2, -0.15) is 0 Å². The lowest BCUT2D eigenvalue weighted by molar-refractivity contribution is 0.573. The number of aryl methyl sites for hydroxylation is 2. The van der Waals surface area contributed by atoms with Gasteiger partial charge in [-0.15, -0.1) is 6.58 Å². The summed E-state index contributed by atoms with van der Waals surface area (Å²) in [5.74, 6) is 0. The van der Waals surface area contributed by atoms with Crippen LogP contribution in [0.3, 0.4) is 0 Å². The average molecular weight is 234 g/mol. The van der Waals surface area contributed by atoms with Gasteiger partial charge in [0, 0.05) is 14.1 Å². The Bertz CT molecular complexity index is 705. The predicted molar refractivity (Wildman–Crippen MR) is 65.1 cm³/mol. The molecule has 0 saturated carbocycles. The number of hydrogen-bond donors (Lipinski definition) is 0. The molecule has 0 bridgehead atoms. The van der Waals surface area contributed by atoms with Crippen LogP contribution in [0.25, 0.3) is 11.2 Å². The first-order valence-electron chi connectivity index (χ1n) is 5.24. The van der Waals surface area contributed by atoms with Gasteiger partial charge in [0.1, 0.15) is 0 Å². The zero-order valence-electron chi connectivity index (χ0n) is 10.0. The summed E-state index contributed by atoms with van der Waals surface area (Å²) >= 11 is 0. The van der Waals surface area contributed by atoms with E-state index in [4.69, 9.17) is 0 Å². The fourth-order valence-corrected chi connectivity index (χ4v) is 1.83. The van der Waals surface area contributed by atoms with Gasteiger partial charge in [-0.05, 0) is 6.92 Å². The summed E-state index contributed by atoms with van der Waals surface area (Å²) < 4.78 is 4.16. The minimum absolute atomic E-state index is 0.337. The first-order valence-corrected chi connectivity index (χ1v) is 5.24. The molecule has 2 heterocycles. The highest BCUT2D eigenvalue weighted by molar-refractivity contribution is 5.69. The number of fused-ring (bicyclic) bond motifs is 1. The van der Waals surface area contributed by atoms with E-state index in [9.17, 15) is 9.59 Å². The van der Waals surface area contributed by atoms with Gasteiger partial charge in [-0.1, -0.05) is 6.08 Å². The van der Waals surface area contributed by atoms with Crippen molar-refractivity contribution in [1.82, 2.24) is 18.7 Å². The number of hydrogen-bond acceptors (Lipinski definition) is 3. The van der Waals surface area contributed by atoms with Crippen LogP contribution >= 0.6 is 0 Å². The smallest absolute Gasteiger partial charge is 0.328 e. The van der Waals surface area contributed by atoms with Gasteiger partial charge in [0.15, 0.2) is 11.2 Å². The van der Waals surface area contributed by atoms with Crippen molar-refractivity contribution < 1.29 is 0 Å². The highest BCUT2D eigenvalue weighted by atomic mass is 16.2. The van der Waals surface area contributed by atoms with Gasteiger partial charge in [-0.3, -0.25) is 13.9 Å². The fraction of sp³-hybridized carbons (Fsp3) is 0.364. The molecule has 0 unspecified atom stereocenters. The summed E-state index contributed by atoms with van der Waals surface area (Å²) in [5.41, 5.74) is 0.0971. The molecule has 0 N–H and O–H groups in total. The SMILES string of the molecule is C=C[C@@H](C)n1c(=O)c2c(ncn2C)n(C)c1=O. The lowest BCUT2D eigenvalue weighted by atomic mass is 10.3. The van der Waals surface area contributed by atoms with Gasteiger partial charge in [0.2, 0.25) is 0 Å². The molecule has 17 heavy (non-hydrogen) atoms. The molecule has 2 aromatic heterocycles. The van der Waals surface area contributed by atoms with Crippen molar-refractivity contribution in [1.29, 1.82) is 0 Å². The van der Waals surface area contributed by atoms with E-state index in [1.54, 1.807) is 31.7 Å². The Kier molecular flexibility index (Phi) is 2.49. The van der Waals surface area contributed by atoms with E-state index in [1.165, 1.54) is 15.5 Å². The van der Waals surface area contributed by atoms with Crippen LogP contribution in [0.4, 0.5) is 0 Å². The second-order valence-corrected chi connectivity index (χ2v) is 4.02. The van der Waals surface area contributed by atoms with E-state index in [-0.39, 0.29) is 17.3 Å². The Morgan fingerprint density at radius 1 is 1.41 bits per heavy atom. The molecular formula is C11H14N4O2. The second kappa shape index (κ2) is 3.73. The van der Waals surface area contributed by atoms with Crippen molar-refractivity contribution in [2.75, 3.05) is 0 Å². The normalized spacial score (nSPS) is 12.9. The predicted octanol–water partition coefficient (Wildman–Crippen LogP) is 0.181. The molecule has 0 spiro atoms. The highest BCUT2D eigenvalue weighted by Crippen LogP contribution is 2.06. The molecule has 0 aliphatic rings. The lowest BCUT2D eigenvalue weighted by Crippen LogP contribution is -2.40. The third-order valence-corrected chi connectivity index (χ3v) is 2.90. The summed E-state index contributed by atoms with van der Waals surface area (Å²) in [6.45, 7) is 5.36. The molecule has 0 aliphatic carbocycles. The van der Waals surface area contributed by atoms with Crippen LogP contribution in [0.2, 0.25) is 0 Å². The first-order chi connectivity index (χ1) is 7.99. The van der Waals surface area contributed by atoms with Gasteiger partial charge < -0.3 is 4.57 Å². The molecular weight excluding hydrogens is 220 g/mol. The lowest BCUT2D eigenvalue weighted by Gasteiger charge is -2.11. The fourth-order valence-electron chi connectivity index (χ4n) is 1.83. The molecule has 0 amide bonds. The third kappa shape index (κ3) is 1.44. The average Bonchev–Trinajstić information content (AvgIpc) is 2.68. The van der Waals surface area contributed by atoms with Gasteiger partial charge >= 0.3 is 5.69 Å². The van der Waals surface area contributed by atoms with E-state index in [1.807, 2.05) is 0 Å². The molecule has 2 rings (SSSR count). The monoisotopic (exact) mass is 234 g/mol. The van der Waals surface area contributed by atoms with Crippen LogP contribution in [0.15, 0.2) is 28.6 Å². The van der Waals surface area contributed by atoms with E-state index in [0.717, 1.165) is 0 Å². The molecule has 6 heteroatoms. The molecule has 90 valence electrons. The number of aromatic nitrogens is 4. The minimum atomic E-state index is -0.381. The second-order valence-electron chi connectivity index (χ2n) is 4.02. The maximum absolute atomic E-state index is 12.2. The molecule has 2 aromatic rings. The summed E-state index contributed by atoms with van der Waals surface area (Å²) in [4.78, 5) is 28.3. The Morgan fingerprint density at radius 2 is 2.06 bits per heavy atom. The Balaban J connectivity index is 3.05. The van der Waals surface area contributed by atoms with Crippen LogP contribution in [-0.4, -0.2) is 18.7 Å². The van der Waals surface area contributed by atoms with Crippen LogP contribution in [0.5, 0.6) is 0 Å². The van der Waals surface area contributed by atoms with Crippen molar-refractivity contribution >= 4 is 11.2 Å². The van der Waals surface area contributed by atoms with E-state index in [2.05, 4.69) is 11.6 Å². The molecule has 0 aliphatic heterocycles. The maximum atomic E-state index is 12.2. The molecule has 0 radical (unpaired) electrons. The van der Waals surface area contributed by atoms with Crippen molar-refractivity contribution in [3.63, 3.8) is 0 Å². The van der Waals surface area contributed by atoms with Crippen molar-refractivity contribution in [2.24, 2.45) is 14.1 Å². The molecule has 0 saturated heterocycles. The highest BCUT2D eigenvalue weighted by Gasteiger charge is 2.16. The van der Waals surface area contributed by atoms with Crippen molar-refractivity contribution in [3.05, 3.63) is 39.8 Å². The summed E-state index contributed by atoms with van der Waals surface area (Å²) in [5, 5.41) is 0. The van der Waals surface area contributed by atoms with Crippen molar-refractivity contribution in [3.8, 4) is 0 Å². The molecule has 0 aromatic carbocycles.